The van der Waals surface area contributed by atoms with Gasteiger partial charge in [-0.1, -0.05) is 12.1 Å². The lowest BCUT2D eigenvalue weighted by molar-refractivity contribution is 0.104. The largest absolute Gasteiger partial charge is 0.496 e. The maximum Gasteiger partial charge on any atom is 0.189 e. The van der Waals surface area contributed by atoms with E-state index in [1.807, 2.05) is 0 Å². The number of nitrogens with two attached hydrogens (primary N) is 1. The molecule has 32 heavy (non-hydrogen) atoms. The average Bonchev–Trinajstić information content (AvgIpc) is 2.82. The number of aromatic nitrogens is 1. The first kappa shape index (κ1) is 22.8. The molecule has 0 aliphatic heterocycles. The molecule has 5 N–H and O–H groups in total. The summed E-state index contributed by atoms with van der Waals surface area (Å²) in [7, 11) is 3.02. The predicted molar refractivity (Wildman–Crippen MR) is 123 cm³/mol. The number of hydrogen-bond acceptors (Lipinski definition) is 8. The molecule has 3 aromatic rings. The summed E-state index contributed by atoms with van der Waals surface area (Å²) in [6, 6.07) is 11.9. The number of carbonyl (C=O) groups is 1. The van der Waals surface area contributed by atoms with Gasteiger partial charge in [-0.2, -0.15) is 0 Å². The lowest BCUT2D eigenvalue weighted by atomic mass is 10.1. The minimum Gasteiger partial charge on any atom is -0.496 e. The molecule has 3 rings (SSSR count). The number of benzene rings is 2. The Kier molecular flexibility index (Phi) is 7.43. The SMILES string of the molecule is COc1ccc(C=CC(=O)c2cccnc2Nc2cc(CO)c(CO)c(OC)c2)cc1N. The fraction of sp³-hybridized carbons (Fsp3) is 0.167. The van der Waals surface area contributed by atoms with E-state index in [4.69, 9.17) is 15.2 Å². The van der Waals surface area contributed by atoms with Crippen LogP contribution in [0.15, 0.2) is 54.7 Å². The van der Waals surface area contributed by atoms with Crippen molar-refractivity contribution >= 4 is 29.1 Å². The van der Waals surface area contributed by atoms with Gasteiger partial charge in [0.15, 0.2) is 5.78 Å². The highest BCUT2D eigenvalue weighted by atomic mass is 16.5. The van der Waals surface area contributed by atoms with Gasteiger partial charge in [0.05, 0.1) is 38.7 Å². The Labute approximate surface area is 185 Å². The first-order chi connectivity index (χ1) is 15.5. The molecule has 1 heterocycles. The highest BCUT2D eigenvalue weighted by Gasteiger charge is 2.14. The molecule has 1 aromatic heterocycles. The van der Waals surface area contributed by atoms with E-state index in [2.05, 4.69) is 10.3 Å². The minimum atomic E-state index is -0.274. The molecule has 0 aliphatic rings. The monoisotopic (exact) mass is 435 g/mol. The molecule has 0 unspecified atom stereocenters. The smallest absolute Gasteiger partial charge is 0.189 e. The summed E-state index contributed by atoms with van der Waals surface area (Å²) < 4.78 is 10.5. The van der Waals surface area contributed by atoms with Crippen molar-refractivity contribution in [2.75, 3.05) is 25.3 Å². The first-order valence-electron chi connectivity index (χ1n) is 9.80. The number of anilines is 3. The molecule has 166 valence electrons. The Hall–Kier alpha value is -3.88. The third-order valence-corrected chi connectivity index (χ3v) is 4.87. The van der Waals surface area contributed by atoms with Crippen LogP contribution in [-0.2, 0) is 13.2 Å². The van der Waals surface area contributed by atoms with Gasteiger partial charge in [-0.3, -0.25) is 4.79 Å². The number of hydrogen-bond donors (Lipinski definition) is 4. The normalized spacial score (nSPS) is 10.9. The molecule has 0 spiro atoms. The lowest BCUT2D eigenvalue weighted by Crippen LogP contribution is -2.05. The molecule has 0 atom stereocenters. The number of pyridine rings is 1. The molecular formula is C24H25N3O5. The summed E-state index contributed by atoms with van der Waals surface area (Å²) in [5.41, 5.74) is 9.08. The second-order valence-electron chi connectivity index (χ2n) is 6.86. The predicted octanol–water partition coefficient (Wildman–Crippen LogP) is 3.31. The van der Waals surface area contributed by atoms with E-state index in [0.717, 1.165) is 5.56 Å². The molecule has 2 aromatic carbocycles. The van der Waals surface area contributed by atoms with Crippen LogP contribution in [0.3, 0.4) is 0 Å². The molecule has 0 saturated heterocycles. The van der Waals surface area contributed by atoms with E-state index in [9.17, 15) is 15.0 Å². The third kappa shape index (κ3) is 5.05. The summed E-state index contributed by atoms with van der Waals surface area (Å²) in [5, 5.41) is 22.3. The topological polar surface area (TPSA) is 127 Å². The van der Waals surface area contributed by atoms with Gasteiger partial charge in [0.25, 0.3) is 0 Å². The van der Waals surface area contributed by atoms with Gasteiger partial charge in [0.1, 0.15) is 17.3 Å². The van der Waals surface area contributed by atoms with Crippen molar-refractivity contribution in [1.29, 1.82) is 0 Å². The Bertz CT molecular complexity index is 1120. The van der Waals surface area contributed by atoms with Gasteiger partial charge >= 0.3 is 0 Å². The van der Waals surface area contributed by atoms with Crippen LogP contribution in [0.2, 0.25) is 0 Å². The zero-order chi connectivity index (χ0) is 23.1. The summed E-state index contributed by atoms with van der Waals surface area (Å²) in [4.78, 5) is 17.1. The molecular weight excluding hydrogens is 410 g/mol. The van der Waals surface area contributed by atoms with E-state index in [1.165, 1.54) is 20.3 Å². The summed E-state index contributed by atoms with van der Waals surface area (Å²) >= 11 is 0. The van der Waals surface area contributed by atoms with Crippen molar-refractivity contribution < 1.29 is 24.5 Å². The summed E-state index contributed by atoms with van der Waals surface area (Å²) in [5.74, 6) is 1.08. The molecule has 0 radical (unpaired) electrons. The standard InChI is InChI=1S/C24H25N3O5/c1-31-22-8-6-15(10-20(22)25)5-7-21(30)18-4-3-9-26-24(18)27-17-11-16(13-28)19(14-29)23(12-17)32-2/h3-12,28-29H,13-14,25H2,1-2H3,(H,26,27). The number of nitrogens with one attached hydrogen (secondary N) is 1. The van der Waals surface area contributed by atoms with Gasteiger partial charge in [-0.25, -0.2) is 4.98 Å². The number of rotatable bonds is 9. The van der Waals surface area contributed by atoms with E-state index in [-0.39, 0.29) is 19.0 Å². The van der Waals surface area contributed by atoms with Crippen LogP contribution in [0.25, 0.3) is 6.08 Å². The van der Waals surface area contributed by atoms with Gasteiger partial charge in [0.2, 0.25) is 0 Å². The number of methoxy groups -OCH3 is 2. The van der Waals surface area contributed by atoms with Crippen molar-refractivity contribution in [1.82, 2.24) is 4.98 Å². The van der Waals surface area contributed by atoms with Crippen LogP contribution in [0.4, 0.5) is 17.2 Å². The second-order valence-corrected chi connectivity index (χ2v) is 6.86. The van der Waals surface area contributed by atoms with Crippen molar-refractivity contribution in [3.63, 3.8) is 0 Å². The van der Waals surface area contributed by atoms with E-state index in [1.54, 1.807) is 54.7 Å². The highest BCUT2D eigenvalue weighted by molar-refractivity contribution is 6.10. The number of nitrogens with zero attached hydrogens (tertiary/aromatic N) is 1. The number of aliphatic hydroxyl groups excluding tert-OH is 2. The Morgan fingerprint density at radius 3 is 2.53 bits per heavy atom. The number of aliphatic hydroxyl groups is 2. The van der Waals surface area contributed by atoms with Gasteiger partial charge in [0, 0.05) is 23.5 Å². The molecule has 0 saturated carbocycles. The maximum absolute atomic E-state index is 12.9. The number of ether oxygens (including phenoxy) is 2. The minimum absolute atomic E-state index is 0.253. The Morgan fingerprint density at radius 2 is 1.88 bits per heavy atom. The molecule has 0 aliphatic carbocycles. The Balaban J connectivity index is 1.88. The fourth-order valence-corrected chi connectivity index (χ4v) is 3.24. The zero-order valence-corrected chi connectivity index (χ0v) is 17.8. The van der Waals surface area contributed by atoms with Crippen LogP contribution in [0.1, 0.15) is 27.0 Å². The van der Waals surface area contributed by atoms with E-state index >= 15 is 0 Å². The number of allylic oxidation sites excluding steroid dienone is 1. The average molecular weight is 435 g/mol. The first-order valence-corrected chi connectivity index (χ1v) is 9.80. The number of nitrogen functional groups attached to an aromatic ring is 1. The zero-order valence-electron chi connectivity index (χ0n) is 17.8. The van der Waals surface area contributed by atoms with Crippen LogP contribution in [0, 0.1) is 0 Å². The maximum atomic E-state index is 12.9. The number of ketones is 1. The third-order valence-electron chi connectivity index (χ3n) is 4.87. The van der Waals surface area contributed by atoms with Crippen LogP contribution in [-0.4, -0.2) is 35.2 Å². The number of carbonyl (C=O) groups excluding carboxylic acids is 1. The Morgan fingerprint density at radius 1 is 1.09 bits per heavy atom. The molecule has 0 fully saturated rings. The van der Waals surface area contributed by atoms with Crippen molar-refractivity contribution in [2.45, 2.75) is 13.2 Å². The molecule has 0 amide bonds. The molecule has 8 nitrogen and oxygen atoms in total. The quantitative estimate of drug-likeness (QED) is 0.229. The van der Waals surface area contributed by atoms with Crippen LogP contribution >= 0.6 is 0 Å². The van der Waals surface area contributed by atoms with Crippen molar-refractivity contribution in [2.24, 2.45) is 0 Å². The van der Waals surface area contributed by atoms with Crippen molar-refractivity contribution in [3.05, 3.63) is 77.0 Å². The van der Waals surface area contributed by atoms with Gasteiger partial charge in [-0.15, -0.1) is 0 Å². The van der Waals surface area contributed by atoms with Crippen molar-refractivity contribution in [3.8, 4) is 11.5 Å². The van der Waals surface area contributed by atoms with Gasteiger partial charge < -0.3 is 30.7 Å². The fourth-order valence-electron chi connectivity index (χ4n) is 3.24. The van der Waals surface area contributed by atoms with Crippen LogP contribution < -0.4 is 20.5 Å². The van der Waals surface area contributed by atoms with E-state index < -0.39 is 0 Å². The molecule has 8 heteroatoms. The van der Waals surface area contributed by atoms with Gasteiger partial charge in [-0.05, 0) is 47.5 Å². The summed E-state index contributed by atoms with van der Waals surface area (Å²) in [6.07, 6.45) is 4.68. The second kappa shape index (κ2) is 10.4. The van der Waals surface area contributed by atoms with Crippen LogP contribution in [0.5, 0.6) is 11.5 Å². The lowest BCUT2D eigenvalue weighted by Gasteiger charge is -2.15. The van der Waals surface area contributed by atoms with E-state index in [0.29, 0.717) is 45.4 Å². The highest BCUT2D eigenvalue weighted by Crippen LogP contribution is 2.30. The summed E-state index contributed by atoms with van der Waals surface area (Å²) in [6.45, 7) is -0.545. The molecule has 0 bridgehead atoms.